The Kier molecular flexibility index (Phi) is 6.34. The molecular weight excluding hydrogens is 457 g/mol. The van der Waals surface area contributed by atoms with E-state index in [1.165, 1.54) is 18.2 Å². The van der Waals surface area contributed by atoms with Crippen LogP contribution >= 0.6 is 23.2 Å². The molecule has 0 unspecified atom stereocenters. The average molecular weight is 478 g/mol. The van der Waals surface area contributed by atoms with E-state index in [-0.39, 0.29) is 9.92 Å². The van der Waals surface area contributed by atoms with E-state index in [0.717, 1.165) is 37.6 Å². The number of benzene rings is 2. The second-order valence-corrected chi connectivity index (χ2v) is 9.82. The molecule has 0 atom stereocenters. The Bertz CT molecular complexity index is 1160. The van der Waals surface area contributed by atoms with Crippen LogP contribution in [0.3, 0.4) is 0 Å². The molecule has 2 heterocycles. The molecule has 1 saturated heterocycles. The first-order valence-corrected chi connectivity index (χ1v) is 11.9. The molecule has 10 heteroatoms. The largest absolute Gasteiger partial charge is 0.353 e. The molecule has 1 N–H and O–H groups in total. The summed E-state index contributed by atoms with van der Waals surface area (Å²) in [4.78, 5) is 4.43. The highest BCUT2D eigenvalue weighted by molar-refractivity contribution is 7.92. The number of likely N-dealkylation sites (N-methyl/N-ethyl adjacent to an activating group) is 1. The summed E-state index contributed by atoms with van der Waals surface area (Å²) in [6, 6.07) is 15.1. The van der Waals surface area contributed by atoms with Crippen molar-refractivity contribution in [3.63, 3.8) is 0 Å². The quantitative estimate of drug-likeness (QED) is 0.597. The summed E-state index contributed by atoms with van der Waals surface area (Å²) >= 11 is 11.9. The first-order valence-electron chi connectivity index (χ1n) is 9.67. The van der Waals surface area contributed by atoms with Gasteiger partial charge in [0.15, 0.2) is 5.82 Å². The number of rotatable bonds is 5. The van der Waals surface area contributed by atoms with Crippen LogP contribution in [0.25, 0.3) is 11.3 Å². The highest BCUT2D eigenvalue weighted by atomic mass is 35.5. The monoisotopic (exact) mass is 477 g/mol. The van der Waals surface area contributed by atoms with Gasteiger partial charge in [0.2, 0.25) is 0 Å². The zero-order valence-corrected chi connectivity index (χ0v) is 19.1. The van der Waals surface area contributed by atoms with E-state index < -0.39 is 10.0 Å². The maximum absolute atomic E-state index is 12.7. The lowest BCUT2D eigenvalue weighted by molar-refractivity contribution is 0.312. The van der Waals surface area contributed by atoms with Gasteiger partial charge in [-0.05, 0) is 49.5 Å². The van der Waals surface area contributed by atoms with Gasteiger partial charge in [-0.1, -0.05) is 35.3 Å². The standard InChI is InChI=1S/C21H21Cl2N5O2S/c1-27-10-12-28(13-11-27)21-9-8-19(24-25-21)15-2-5-17(6-3-15)26-31(29,30)20-14-16(22)4-7-18(20)23/h2-9,14,26H,10-13H2,1H3. The van der Waals surface area contributed by atoms with Gasteiger partial charge in [0, 0.05) is 42.5 Å². The average Bonchev–Trinajstić information content (AvgIpc) is 2.76. The fraction of sp³-hybridized carbons (Fsp3) is 0.238. The van der Waals surface area contributed by atoms with Crippen LogP contribution in [0.1, 0.15) is 0 Å². The van der Waals surface area contributed by atoms with Gasteiger partial charge in [-0.2, -0.15) is 0 Å². The van der Waals surface area contributed by atoms with Crippen molar-refractivity contribution in [2.24, 2.45) is 0 Å². The number of hydrogen-bond donors (Lipinski definition) is 1. The highest BCUT2D eigenvalue weighted by Crippen LogP contribution is 2.28. The van der Waals surface area contributed by atoms with E-state index in [2.05, 4.69) is 31.8 Å². The minimum absolute atomic E-state index is 0.0731. The van der Waals surface area contributed by atoms with E-state index in [1.807, 2.05) is 12.1 Å². The summed E-state index contributed by atoms with van der Waals surface area (Å²) in [7, 11) is -1.76. The van der Waals surface area contributed by atoms with Gasteiger partial charge < -0.3 is 9.80 Å². The lowest BCUT2D eigenvalue weighted by atomic mass is 10.1. The molecule has 4 rings (SSSR count). The predicted molar refractivity (Wildman–Crippen MR) is 124 cm³/mol. The van der Waals surface area contributed by atoms with Crippen LogP contribution in [0, 0.1) is 0 Å². The second-order valence-electron chi connectivity index (χ2n) is 7.32. The van der Waals surface area contributed by atoms with Crippen molar-refractivity contribution in [2.75, 3.05) is 42.8 Å². The minimum Gasteiger partial charge on any atom is -0.353 e. The van der Waals surface area contributed by atoms with E-state index >= 15 is 0 Å². The number of anilines is 2. The molecular formula is C21H21Cl2N5O2S. The summed E-state index contributed by atoms with van der Waals surface area (Å²) in [6.07, 6.45) is 0. The van der Waals surface area contributed by atoms with Crippen LogP contribution in [0.2, 0.25) is 10.0 Å². The fourth-order valence-electron chi connectivity index (χ4n) is 3.29. The third kappa shape index (κ3) is 5.10. The van der Waals surface area contributed by atoms with Gasteiger partial charge in [0.1, 0.15) is 4.90 Å². The van der Waals surface area contributed by atoms with Crippen molar-refractivity contribution in [3.8, 4) is 11.3 Å². The second kappa shape index (κ2) is 9.00. The third-order valence-corrected chi connectivity index (χ3v) is 7.19. The van der Waals surface area contributed by atoms with Gasteiger partial charge in [-0.15, -0.1) is 10.2 Å². The summed E-state index contributed by atoms with van der Waals surface area (Å²) in [5.41, 5.74) is 1.95. The predicted octanol–water partition coefficient (Wildman–Crippen LogP) is 4.00. The van der Waals surface area contributed by atoms with Gasteiger partial charge in [-0.25, -0.2) is 8.42 Å². The van der Waals surface area contributed by atoms with Crippen molar-refractivity contribution in [2.45, 2.75) is 4.90 Å². The number of sulfonamides is 1. The van der Waals surface area contributed by atoms with E-state index in [4.69, 9.17) is 23.2 Å². The Hall–Kier alpha value is -2.39. The number of nitrogens with zero attached hydrogens (tertiary/aromatic N) is 4. The molecule has 1 fully saturated rings. The van der Waals surface area contributed by atoms with Crippen LogP contribution in [-0.4, -0.2) is 56.7 Å². The fourth-order valence-corrected chi connectivity index (χ4v) is 5.11. The Morgan fingerprint density at radius 3 is 2.26 bits per heavy atom. The molecule has 1 aliphatic rings. The lowest BCUT2D eigenvalue weighted by Crippen LogP contribution is -2.44. The topological polar surface area (TPSA) is 78.4 Å². The third-order valence-electron chi connectivity index (χ3n) is 5.09. The summed E-state index contributed by atoms with van der Waals surface area (Å²) < 4.78 is 27.8. The number of halogens is 2. The van der Waals surface area contributed by atoms with Gasteiger partial charge in [0.05, 0.1) is 10.7 Å². The molecule has 0 saturated carbocycles. The maximum Gasteiger partial charge on any atom is 0.263 e. The molecule has 2 aromatic carbocycles. The molecule has 0 amide bonds. The Morgan fingerprint density at radius 2 is 1.61 bits per heavy atom. The summed E-state index contributed by atoms with van der Waals surface area (Å²) in [5, 5.41) is 9.09. The van der Waals surface area contributed by atoms with Crippen LogP contribution in [0.4, 0.5) is 11.5 Å². The van der Waals surface area contributed by atoms with E-state index in [0.29, 0.717) is 16.4 Å². The SMILES string of the molecule is CN1CCN(c2ccc(-c3ccc(NS(=O)(=O)c4cc(Cl)ccc4Cl)cc3)nn2)CC1. The lowest BCUT2D eigenvalue weighted by Gasteiger charge is -2.32. The van der Waals surface area contributed by atoms with Crippen molar-refractivity contribution in [1.29, 1.82) is 0 Å². The Labute approximate surface area is 191 Å². The first-order chi connectivity index (χ1) is 14.8. The van der Waals surface area contributed by atoms with Gasteiger partial charge in [-0.3, -0.25) is 4.72 Å². The highest BCUT2D eigenvalue weighted by Gasteiger charge is 2.19. The van der Waals surface area contributed by atoms with E-state index in [9.17, 15) is 8.42 Å². The zero-order valence-electron chi connectivity index (χ0n) is 16.8. The van der Waals surface area contributed by atoms with Crippen molar-refractivity contribution < 1.29 is 8.42 Å². The van der Waals surface area contributed by atoms with Gasteiger partial charge >= 0.3 is 0 Å². The van der Waals surface area contributed by atoms with Crippen LogP contribution in [0.5, 0.6) is 0 Å². The smallest absolute Gasteiger partial charge is 0.263 e. The van der Waals surface area contributed by atoms with Crippen LogP contribution in [0.15, 0.2) is 59.5 Å². The molecule has 0 bridgehead atoms. The Morgan fingerprint density at radius 1 is 0.903 bits per heavy atom. The Balaban J connectivity index is 1.47. The summed E-state index contributed by atoms with van der Waals surface area (Å²) in [5.74, 6) is 0.861. The minimum atomic E-state index is -3.87. The maximum atomic E-state index is 12.7. The molecule has 0 spiro atoms. The number of aromatic nitrogens is 2. The number of hydrogen-bond acceptors (Lipinski definition) is 6. The molecule has 1 aromatic heterocycles. The number of nitrogens with one attached hydrogen (secondary N) is 1. The molecule has 7 nitrogen and oxygen atoms in total. The first kappa shape index (κ1) is 21.8. The molecule has 0 radical (unpaired) electrons. The normalized spacial score (nSPS) is 15.1. The van der Waals surface area contributed by atoms with Crippen molar-refractivity contribution in [3.05, 3.63) is 64.6 Å². The number of piperazine rings is 1. The zero-order chi connectivity index (χ0) is 22.0. The van der Waals surface area contributed by atoms with E-state index in [1.54, 1.807) is 24.3 Å². The van der Waals surface area contributed by atoms with Crippen LogP contribution in [-0.2, 0) is 10.0 Å². The molecule has 1 aliphatic heterocycles. The van der Waals surface area contributed by atoms with Gasteiger partial charge in [0.25, 0.3) is 10.0 Å². The summed E-state index contributed by atoms with van der Waals surface area (Å²) in [6.45, 7) is 3.86. The molecule has 0 aliphatic carbocycles. The van der Waals surface area contributed by atoms with Crippen molar-refractivity contribution in [1.82, 2.24) is 15.1 Å². The van der Waals surface area contributed by atoms with Crippen molar-refractivity contribution >= 4 is 44.7 Å². The molecule has 162 valence electrons. The molecule has 31 heavy (non-hydrogen) atoms. The molecule has 3 aromatic rings. The van der Waals surface area contributed by atoms with Crippen LogP contribution < -0.4 is 9.62 Å².